The summed E-state index contributed by atoms with van der Waals surface area (Å²) in [5.41, 5.74) is 1.46. The van der Waals surface area contributed by atoms with E-state index in [1.807, 2.05) is 0 Å². The van der Waals surface area contributed by atoms with Crippen LogP contribution in [0.1, 0.15) is 17.0 Å². The molecule has 0 aliphatic heterocycles. The zero-order valence-electron chi connectivity index (χ0n) is 11.9. The van der Waals surface area contributed by atoms with Crippen LogP contribution in [0.3, 0.4) is 0 Å². The lowest BCUT2D eigenvalue weighted by molar-refractivity contribution is -0.146. The molecule has 22 heavy (non-hydrogen) atoms. The van der Waals surface area contributed by atoms with Gasteiger partial charge in [-0.05, 0) is 31.2 Å². The van der Waals surface area contributed by atoms with Gasteiger partial charge in [0, 0.05) is 25.0 Å². The molecule has 0 aliphatic rings. The zero-order chi connectivity index (χ0) is 16.1. The van der Waals surface area contributed by atoms with E-state index in [2.05, 4.69) is 20.3 Å². The Morgan fingerprint density at radius 3 is 2.45 bits per heavy atom. The lowest BCUT2D eigenvalue weighted by Gasteiger charge is -2.10. The minimum absolute atomic E-state index is 0.106. The van der Waals surface area contributed by atoms with Gasteiger partial charge in [-0.1, -0.05) is 0 Å². The van der Waals surface area contributed by atoms with Gasteiger partial charge in [0.05, 0.1) is 0 Å². The van der Waals surface area contributed by atoms with Crippen molar-refractivity contribution in [1.82, 2.24) is 29.4 Å². The highest BCUT2D eigenvalue weighted by Gasteiger charge is 2.38. The van der Waals surface area contributed by atoms with E-state index >= 15 is 0 Å². The van der Waals surface area contributed by atoms with Crippen molar-refractivity contribution in [3.63, 3.8) is 0 Å². The third kappa shape index (κ3) is 2.32. The molecule has 10 heteroatoms. The van der Waals surface area contributed by atoms with Crippen molar-refractivity contribution >= 4 is 17.4 Å². The van der Waals surface area contributed by atoms with Crippen molar-refractivity contribution < 1.29 is 13.2 Å². The highest BCUT2D eigenvalue weighted by atomic mass is 32.2. The van der Waals surface area contributed by atoms with E-state index < -0.39 is 12.0 Å². The first-order chi connectivity index (χ1) is 10.3. The summed E-state index contributed by atoms with van der Waals surface area (Å²) in [4.78, 5) is 4.14. The number of hydrogen-bond donors (Lipinski definition) is 0. The molecule has 0 saturated heterocycles. The van der Waals surface area contributed by atoms with Crippen molar-refractivity contribution in [3.8, 4) is 0 Å². The maximum atomic E-state index is 13.0. The van der Waals surface area contributed by atoms with Gasteiger partial charge in [0.15, 0.2) is 10.8 Å². The Kier molecular flexibility index (Phi) is 3.35. The fraction of sp³-hybridized carbons (Fsp3) is 0.333. The van der Waals surface area contributed by atoms with Gasteiger partial charge in [0.1, 0.15) is 5.03 Å². The monoisotopic (exact) mass is 328 g/mol. The molecule has 6 nitrogen and oxygen atoms in total. The number of alkyl halides is 3. The summed E-state index contributed by atoms with van der Waals surface area (Å²) in [6, 6.07) is 0. The van der Waals surface area contributed by atoms with Gasteiger partial charge in [-0.3, -0.25) is 0 Å². The van der Waals surface area contributed by atoms with E-state index in [-0.39, 0.29) is 5.65 Å². The van der Waals surface area contributed by atoms with Crippen LogP contribution in [0.15, 0.2) is 22.6 Å². The van der Waals surface area contributed by atoms with Gasteiger partial charge in [-0.15, -0.1) is 10.2 Å². The van der Waals surface area contributed by atoms with Crippen LogP contribution in [0.2, 0.25) is 0 Å². The number of imidazole rings is 1. The molecule has 0 amide bonds. The third-order valence-corrected chi connectivity index (χ3v) is 4.43. The first kappa shape index (κ1) is 14.8. The van der Waals surface area contributed by atoms with Crippen LogP contribution in [0.5, 0.6) is 0 Å². The van der Waals surface area contributed by atoms with Crippen LogP contribution in [0, 0.1) is 13.8 Å². The number of aromatic nitrogens is 6. The number of hydrogen-bond acceptors (Lipinski definition) is 5. The molecule has 0 unspecified atom stereocenters. The normalized spacial score (nSPS) is 12.3. The molecular weight excluding hydrogens is 317 g/mol. The zero-order valence-corrected chi connectivity index (χ0v) is 12.7. The van der Waals surface area contributed by atoms with E-state index in [0.717, 1.165) is 10.1 Å². The maximum absolute atomic E-state index is 13.0. The van der Waals surface area contributed by atoms with Gasteiger partial charge in [-0.2, -0.15) is 22.8 Å². The molecule has 3 aromatic heterocycles. The van der Waals surface area contributed by atoms with Crippen LogP contribution in [-0.2, 0) is 13.2 Å². The van der Waals surface area contributed by atoms with Crippen molar-refractivity contribution in [3.05, 3.63) is 29.3 Å². The molecule has 116 valence electrons. The molecule has 0 atom stereocenters. The molecule has 0 radical (unpaired) electrons. The maximum Gasteiger partial charge on any atom is 0.453 e. The molecule has 0 spiro atoms. The summed E-state index contributed by atoms with van der Waals surface area (Å²) in [5, 5.41) is 12.0. The molecule has 0 N–H and O–H groups in total. The Bertz CT molecular complexity index is 851. The summed E-state index contributed by atoms with van der Waals surface area (Å²) in [5.74, 6) is -1.13. The van der Waals surface area contributed by atoms with Gasteiger partial charge in [-0.25, -0.2) is 4.98 Å². The molecule has 3 aromatic rings. The molecule has 0 saturated carbocycles. The van der Waals surface area contributed by atoms with Crippen LogP contribution in [0.4, 0.5) is 13.2 Å². The predicted molar refractivity (Wildman–Crippen MR) is 72.6 cm³/mol. The van der Waals surface area contributed by atoms with Crippen molar-refractivity contribution in [2.75, 3.05) is 0 Å². The van der Waals surface area contributed by atoms with Gasteiger partial charge in [0.25, 0.3) is 5.82 Å². The molecule has 0 fully saturated rings. The Hall–Kier alpha value is -2.10. The number of fused-ring (bicyclic) bond motifs is 1. The summed E-state index contributed by atoms with van der Waals surface area (Å²) < 4.78 is 41.4. The Morgan fingerprint density at radius 2 is 1.86 bits per heavy atom. The van der Waals surface area contributed by atoms with E-state index in [1.54, 1.807) is 37.9 Å². The van der Waals surface area contributed by atoms with Crippen LogP contribution < -0.4 is 0 Å². The average molecular weight is 328 g/mol. The third-order valence-electron chi connectivity index (χ3n) is 3.27. The lowest BCUT2D eigenvalue weighted by atomic mass is 10.2. The SMILES string of the molecule is Cc1c(Sc2nccn2C)nn2c(C(F)(F)F)nnc2c1C. The second-order valence-corrected chi connectivity index (χ2v) is 5.69. The first-order valence-corrected chi connectivity index (χ1v) is 7.05. The smallest absolute Gasteiger partial charge is 0.329 e. The number of rotatable bonds is 2. The highest BCUT2D eigenvalue weighted by Crippen LogP contribution is 2.32. The second kappa shape index (κ2) is 4.97. The summed E-state index contributed by atoms with van der Waals surface area (Å²) in [6.45, 7) is 3.49. The molecule has 0 bridgehead atoms. The van der Waals surface area contributed by atoms with Crippen LogP contribution >= 0.6 is 11.8 Å². The van der Waals surface area contributed by atoms with E-state index in [1.165, 1.54) is 11.8 Å². The largest absolute Gasteiger partial charge is 0.453 e. The van der Waals surface area contributed by atoms with Crippen LogP contribution in [0.25, 0.3) is 5.65 Å². The summed E-state index contributed by atoms with van der Waals surface area (Å²) in [7, 11) is 1.80. The van der Waals surface area contributed by atoms with Crippen molar-refractivity contribution in [2.45, 2.75) is 30.2 Å². The van der Waals surface area contributed by atoms with Crippen LogP contribution in [-0.4, -0.2) is 29.4 Å². The van der Waals surface area contributed by atoms with Crippen molar-refractivity contribution in [1.29, 1.82) is 0 Å². The Balaban J connectivity index is 2.18. The molecule has 3 heterocycles. The highest BCUT2D eigenvalue weighted by molar-refractivity contribution is 7.99. The number of aryl methyl sites for hydroxylation is 2. The molecular formula is C12H11F3N6S. The molecule has 0 aliphatic carbocycles. The number of nitrogens with zero attached hydrogens (tertiary/aromatic N) is 6. The summed E-state index contributed by atoms with van der Waals surface area (Å²) in [6.07, 6.45) is -1.24. The standard InChI is InChI=1S/C12H11F3N6S/c1-6-7(2)9(22-11-16-4-5-20(11)3)19-21-8(6)17-18-10(21)12(13,14)15/h4-5H,1-3H3. The predicted octanol–water partition coefficient (Wildman–Crippen LogP) is 2.64. The van der Waals surface area contributed by atoms with Gasteiger partial charge < -0.3 is 4.57 Å². The fourth-order valence-electron chi connectivity index (χ4n) is 1.91. The molecule has 3 rings (SSSR count). The fourth-order valence-corrected chi connectivity index (χ4v) is 2.83. The average Bonchev–Trinajstić information content (AvgIpc) is 3.02. The minimum atomic E-state index is -4.61. The van der Waals surface area contributed by atoms with E-state index in [0.29, 0.717) is 15.7 Å². The van der Waals surface area contributed by atoms with Gasteiger partial charge in [0.2, 0.25) is 0 Å². The Morgan fingerprint density at radius 1 is 1.14 bits per heavy atom. The quantitative estimate of drug-likeness (QED) is 0.724. The minimum Gasteiger partial charge on any atom is -0.329 e. The van der Waals surface area contributed by atoms with E-state index in [9.17, 15) is 13.2 Å². The van der Waals surface area contributed by atoms with Crippen molar-refractivity contribution in [2.24, 2.45) is 7.05 Å². The second-order valence-electron chi connectivity index (χ2n) is 4.73. The van der Waals surface area contributed by atoms with E-state index in [4.69, 9.17) is 0 Å². The van der Waals surface area contributed by atoms with Gasteiger partial charge >= 0.3 is 6.18 Å². The topological polar surface area (TPSA) is 60.9 Å². The summed E-state index contributed by atoms with van der Waals surface area (Å²) >= 11 is 1.20. The number of halogens is 3. The lowest BCUT2D eigenvalue weighted by Crippen LogP contribution is -2.13. The first-order valence-electron chi connectivity index (χ1n) is 6.24. The Labute approximate surface area is 127 Å². The molecule has 0 aromatic carbocycles.